The van der Waals surface area contributed by atoms with Gasteiger partial charge in [0.15, 0.2) is 5.75 Å². The van der Waals surface area contributed by atoms with Gasteiger partial charge in [0.1, 0.15) is 23.9 Å². The predicted molar refractivity (Wildman–Crippen MR) is 129 cm³/mol. The van der Waals surface area contributed by atoms with Crippen LogP contribution in [0.2, 0.25) is 0 Å². The van der Waals surface area contributed by atoms with Crippen molar-refractivity contribution in [1.82, 2.24) is 9.88 Å². The standard InChI is InChI=1S/C27H33F3N2O5/c1-18-15-32(13-12-27(18,37-17-33)20-4-3-5-21(28)14-20)25(34)22-6-7-23(24(31-22)35-2)36-16-19-8-10-26(29,30)11-9-19/h3-7,14,18-19,33H,8-13,15-17H2,1-2H3/t18-,27+/m1/s1. The van der Waals surface area contributed by atoms with Crippen LogP contribution in [-0.2, 0) is 10.3 Å². The molecule has 0 spiro atoms. The molecule has 1 saturated carbocycles. The van der Waals surface area contributed by atoms with Crippen molar-refractivity contribution < 1.29 is 37.3 Å². The largest absolute Gasteiger partial charge is 0.488 e. The molecule has 0 unspecified atom stereocenters. The van der Waals surface area contributed by atoms with Crippen LogP contribution in [0.25, 0.3) is 0 Å². The van der Waals surface area contributed by atoms with E-state index in [-0.39, 0.29) is 48.8 Å². The molecule has 2 atom stereocenters. The van der Waals surface area contributed by atoms with Gasteiger partial charge in [-0.3, -0.25) is 4.79 Å². The van der Waals surface area contributed by atoms with Crippen molar-refractivity contribution in [2.75, 3.05) is 33.6 Å². The lowest BCUT2D eigenvalue weighted by Gasteiger charge is -2.46. The van der Waals surface area contributed by atoms with Crippen molar-refractivity contribution in [3.05, 3.63) is 53.5 Å². The minimum Gasteiger partial charge on any atom is -0.488 e. The Hall–Kier alpha value is -2.85. The fourth-order valence-electron chi connectivity index (χ4n) is 5.33. The molecule has 2 aromatic rings. The SMILES string of the molecule is COc1nc(C(=O)N2CC[C@@](OCO)(c3cccc(F)c3)[C@H](C)C2)ccc1OCC1CCC(F)(F)CC1. The maximum absolute atomic E-state index is 13.9. The number of ether oxygens (including phenoxy) is 3. The van der Waals surface area contributed by atoms with Gasteiger partial charge in [0.25, 0.3) is 11.8 Å². The van der Waals surface area contributed by atoms with Crippen LogP contribution in [0.4, 0.5) is 13.2 Å². The Bertz CT molecular complexity index is 1090. The van der Waals surface area contributed by atoms with Crippen molar-refractivity contribution in [2.24, 2.45) is 11.8 Å². The second-order valence-corrected chi connectivity index (χ2v) is 9.89. The number of aliphatic hydroxyl groups is 1. The highest BCUT2D eigenvalue weighted by molar-refractivity contribution is 5.92. The lowest BCUT2D eigenvalue weighted by Crippen LogP contribution is -2.52. The number of likely N-dealkylation sites (tertiary alicyclic amines) is 1. The molecule has 1 aromatic carbocycles. The van der Waals surface area contributed by atoms with Crippen LogP contribution in [0.1, 0.15) is 55.1 Å². The van der Waals surface area contributed by atoms with Crippen LogP contribution in [0, 0.1) is 17.7 Å². The molecular formula is C27H33F3N2O5. The zero-order valence-corrected chi connectivity index (χ0v) is 21.1. The molecule has 2 fully saturated rings. The van der Waals surface area contributed by atoms with Crippen molar-refractivity contribution in [2.45, 2.75) is 50.6 Å². The third-order valence-electron chi connectivity index (χ3n) is 7.52. The maximum Gasteiger partial charge on any atom is 0.272 e. The van der Waals surface area contributed by atoms with E-state index in [1.165, 1.54) is 19.2 Å². The second kappa shape index (κ2) is 11.3. The monoisotopic (exact) mass is 522 g/mol. The summed E-state index contributed by atoms with van der Waals surface area (Å²) in [4.78, 5) is 19.3. The number of piperidine rings is 1. The zero-order valence-electron chi connectivity index (χ0n) is 21.1. The number of aromatic nitrogens is 1. The molecule has 7 nitrogen and oxygen atoms in total. The number of pyridine rings is 1. The van der Waals surface area contributed by atoms with Crippen LogP contribution in [0.5, 0.6) is 11.6 Å². The predicted octanol–water partition coefficient (Wildman–Crippen LogP) is 4.78. The van der Waals surface area contributed by atoms with Gasteiger partial charge in [0.05, 0.1) is 13.7 Å². The van der Waals surface area contributed by atoms with Crippen LogP contribution in [0.3, 0.4) is 0 Å². The van der Waals surface area contributed by atoms with E-state index in [1.54, 1.807) is 29.2 Å². The fourth-order valence-corrected chi connectivity index (χ4v) is 5.33. The Morgan fingerprint density at radius 2 is 1.95 bits per heavy atom. The van der Waals surface area contributed by atoms with Gasteiger partial charge >= 0.3 is 0 Å². The number of benzene rings is 1. The summed E-state index contributed by atoms with van der Waals surface area (Å²) in [6.07, 6.45) is 0.875. The van der Waals surface area contributed by atoms with Crippen LogP contribution in [0.15, 0.2) is 36.4 Å². The van der Waals surface area contributed by atoms with E-state index >= 15 is 0 Å². The van der Waals surface area contributed by atoms with E-state index in [2.05, 4.69) is 4.98 Å². The highest BCUT2D eigenvalue weighted by Gasteiger charge is 2.44. The average Bonchev–Trinajstić information content (AvgIpc) is 2.89. The minimum atomic E-state index is -2.59. The molecule has 10 heteroatoms. The first-order chi connectivity index (χ1) is 17.7. The van der Waals surface area contributed by atoms with Gasteiger partial charge in [-0.15, -0.1) is 0 Å². The Balaban J connectivity index is 1.43. The molecule has 1 saturated heterocycles. The summed E-state index contributed by atoms with van der Waals surface area (Å²) in [5, 5.41) is 9.55. The molecule has 1 aliphatic carbocycles. The number of hydrogen-bond acceptors (Lipinski definition) is 6. The molecule has 202 valence electrons. The molecule has 1 amide bonds. The molecule has 1 aromatic heterocycles. The minimum absolute atomic E-state index is 0.0278. The Labute approximate surface area is 214 Å². The number of nitrogens with zero attached hydrogens (tertiary/aromatic N) is 2. The highest BCUT2D eigenvalue weighted by atomic mass is 19.3. The van der Waals surface area contributed by atoms with Gasteiger partial charge in [-0.2, -0.15) is 0 Å². The smallest absolute Gasteiger partial charge is 0.272 e. The summed E-state index contributed by atoms with van der Waals surface area (Å²) in [6.45, 7) is 2.26. The molecule has 1 aliphatic heterocycles. The Morgan fingerprint density at radius 3 is 2.59 bits per heavy atom. The third kappa shape index (κ3) is 6.01. The number of alkyl halides is 2. The van der Waals surface area contributed by atoms with Gasteiger partial charge in [-0.05, 0) is 55.0 Å². The van der Waals surface area contributed by atoms with Crippen LogP contribution >= 0.6 is 0 Å². The van der Waals surface area contributed by atoms with E-state index < -0.39 is 24.1 Å². The number of rotatable bonds is 8. The van der Waals surface area contributed by atoms with E-state index in [4.69, 9.17) is 14.2 Å². The molecular weight excluding hydrogens is 489 g/mol. The summed E-state index contributed by atoms with van der Waals surface area (Å²) in [6, 6.07) is 9.26. The van der Waals surface area contributed by atoms with Gasteiger partial charge in [-0.25, -0.2) is 18.2 Å². The second-order valence-electron chi connectivity index (χ2n) is 9.89. The first-order valence-corrected chi connectivity index (χ1v) is 12.5. The van der Waals surface area contributed by atoms with Crippen LogP contribution < -0.4 is 9.47 Å². The van der Waals surface area contributed by atoms with Crippen molar-refractivity contribution >= 4 is 5.91 Å². The average molecular weight is 523 g/mol. The zero-order chi connectivity index (χ0) is 26.6. The normalized spacial score (nSPS) is 24.1. The molecule has 0 bridgehead atoms. The van der Waals surface area contributed by atoms with Gasteiger partial charge in [-0.1, -0.05) is 19.1 Å². The number of carbonyl (C=O) groups excluding carboxylic acids is 1. The first kappa shape index (κ1) is 27.2. The van der Waals surface area contributed by atoms with Gasteiger partial charge in [0.2, 0.25) is 5.92 Å². The van der Waals surface area contributed by atoms with Crippen molar-refractivity contribution in [3.63, 3.8) is 0 Å². The third-order valence-corrected chi connectivity index (χ3v) is 7.52. The van der Waals surface area contributed by atoms with Gasteiger partial charge in [0, 0.05) is 31.8 Å². The summed E-state index contributed by atoms with van der Waals surface area (Å²) in [7, 11) is 1.42. The molecule has 2 aliphatic rings. The van der Waals surface area contributed by atoms with E-state index in [0.29, 0.717) is 43.7 Å². The molecule has 4 rings (SSSR count). The first-order valence-electron chi connectivity index (χ1n) is 12.5. The summed E-state index contributed by atoms with van der Waals surface area (Å²) >= 11 is 0. The number of halogens is 3. The van der Waals surface area contributed by atoms with E-state index in [1.807, 2.05) is 6.92 Å². The Morgan fingerprint density at radius 1 is 1.19 bits per heavy atom. The highest BCUT2D eigenvalue weighted by Crippen LogP contribution is 2.41. The number of methoxy groups -OCH3 is 1. The van der Waals surface area contributed by atoms with Gasteiger partial charge < -0.3 is 24.2 Å². The lowest BCUT2D eigenvalue weighted by molar-refractivity contribution is -0.168. The topological polar surface area (TPSA) is 81.1 Å². The quantitative estimate of drug-likeness (QED) is 0.503. The molecule has 1 N–H and O–H groups in total. The Kier molecular flexibility index (Phi) is 8.28. The molecule has 0 radical (unpaired) electrons. The van der Waals surface area contributed by atoms with Crippen molar-refractivity contribution in [1.29, 1.82) is 0 Å². The summed E-state index contributed by atoms with van der Waals surface area (Å²) < 4.78 is 57.7. The fraction of sp³-hybridized carbons (Fsp3) is 0.556. The maximum atomic E-state index is 13.9. The van der Waals surface area contributed by atoms with Crippen molar-refractivity contribution in [3.8, 4) is 11.6 Å². The van der Waals surface area contributed by atoms with E-state index in [0.717, 1.165) is 0 Å². The number of aliphatic hydroxyl groups excluding tert-OH is 1. The van der Waals surface area contributed by atoms with Crippen LogP contribution in [-0.4, -0.2) is 60.4 Å². The number of hydrogen-bond donors (Lipinski definition) is 1. The number of carbonyl (C=O) groups is 1. The summed E-state index contributed by atoms with van der Waals surface area (Å²) in [5.41, 5.74) is -0.140. The molecule has 2 heterocycles. The molecule has 37 heavy (non-hydrogen) atoms. The number of amides is 1. The summed E-state index contributed by atoms with van der Waals surface area (Å²) in [5.74, 6) is -3.01. The lowest BCUT2D eigenvalue weighted by atomic mass is 9.76. The van der Waals surface area contributed by atoms with E-state index in [9.17, 15) is 23.1 Å².